The lowest BCUT2D eigenvalue weighted by Gasteiger charge is -2.21. The summed E-state index contributed by atoms with van der Waals surface area (Å²) < 4.78 is 0. The van der Waals surface area contributed by atoms with Gasteiger partial charge in [-0.25, -0.2) is 0 Å². The number of hydrogen-bond donors (Lipinski definition) is 1. The van der Waals surface area contributed by atoms with Crippen molar-refractivity contribution in [2.75, 3.05) is 12.3 Å². The Morgan fingerprint density at radius 3 is 2.05 bits per heavy atom. The summed E-state index contributed by atoms with van der Waals surface area (Å²) >= 11 is 0. The monoisotopic (exact) mass is 252 g/mol. The van der Waals surface area contributed by atoms with E-state index in [9.17, 15) is 0 Å². The zero-order valence-corrected chi connectivity index (χ0v) is 11.1. The second-order valence-corrected chi connectivity index (χ2v) is 4.69. The van der Waals surface area contributed by atoms with Gasteiger partial charge in [0.25, 0.3) is 0 Å². The van der Waals surface area contributed by atoms with Crippen LogP contribution in [0.15, 0.2) is 67.3 Å². The maximum absolute atomic E-state index is 5.71. The summed E-state index contributed by atoms with van der Waals surface area (Å²) in [6.45, 7) is 6.54. The van der Waals surface area contributed by atoms with Crippen molar-refractivity contribution in [2.45, 2.75) is 13.1 Å². The van der Waals surface area contributed by atoms with Crippen LogP contribution in [0.4, 0.5) is 5.69 Å². The van der Waals surface area contributed by atoms with E-state index >= 15 is 0 Å². The summed E-state index contributed by atoms with van der Waals surface area (Å²) in [6.07, 6.45) is 1.94. The fourth-order valence-electron chi connectivity index (χ4n) is 2.09. The van der Waals surface area contributed by atoms with Crippen LogP contribution in [-0.4, -0.2) is 11.4 Å². The molecule has 2 aromatic carbocycles. The minimum atomic E-state index is 0.807. The van der Waals surface area contributed by atoms with Crippen LogP contribution in [0.2, 0.25) is 0 Å². The van der Waals surface area contributed by atoms with E-state index in [1.165, 1.54) is 11.1 Å². The van der Waals surface area contributed by atoms with Crippen molar-refractivity contribution in [1.82, 2.24) is 4.90 Å². The van der Waals surface area contributed by atoms with Gasteiger partial charge in [-0.15, -0.1) is 6.58 Å². The molecule has 0 fully saturated rings. The molecular formula is C17H20N2. The molecule has 0 aromatic heterocycles. The fraction of sp³-hybridized carbons (Fsp3) is 0.176. The molecule has 0 spiro atoms. The second-order valence-electron chi connectivity index (χ2n) is 4.69. The predicted octanol–water partition coefficient (Wildman–Crippen LogP) is 3.46. The average molecular weight is 252 g/mol. The Bertz CT molecular complexity index is 503. The molecule has 2 nitrogen and oxygen atoms in total. The number of rotatable bonds is 6. The van der Waals surface area contributed by atoms with E-state index in [0.29, 0.717) is 0 Å². The summed E-state index contributed by atoms with van der Waals surface area (Å²) in [6, 6.07) is 18.6. The van der Waals surface area contributed by atoms with E-state index in [1.807, 2.05) is 24.3 Å². The highest BCUT2D eigenvalue weighted by atomic mass is 15.1. The van der Waals surface area contributed by atoms with Gasteiger partial charge in [0.05, 0.1) is 0 Å². The van der Waals surface area contributed by atoms with Crippen LogP contribution < -0.4 is 5.73 Å². The Morgan fingerprint density at radius 2 is 1.47 bits per heavy atom. The molecule has 2 heteroatoms. The van der Waals surface area contributed by atoms with Crippen molar-refractivity contribution in [2.24, 2.45) is 0 Å². The second kappa shape index (κ2) is 6.76. The minimum Gasteiger partial charge on any atom is -0.399 e. The molecule has 0 bridgehead atoms. The Balaban J connectivity index is 2.03. The van der Waals surface area contributed by atoms with Crippen molar-refractivity contribution in [3.63, 3.8) is 0 Å². The molecule has 0 aliphatic carbocycles. The molecule has 0 saturated carbocycles. The molecule has 0 radical (unpaired) electrons. The number of nitrogen functional groups attached to an aromatic ring is 1. The first-order chi connectivity index (χ1) is 9.28. The highest BCUT2D eigenvalue weighted by Crippen LogP contribution is 2.11. The van der Waals surface area contributed by atoms with Crippen molar-refractivity contribution >= 4 is 5.69 Å². The normalized spacial score (nSPS) is 10.6. The molecule has 0 unspecified atom stereocenters. The summed E-state index contributed by atoms with van der Waals surface area (Å²) in [5.41, 5.74) is 9.11. The van der Waals surface area contributed by atoms with E-state index in [2.05, 4.69) is 47.9 Å². The number of hydrogen-bond acceptors (Lipinski definition) is 2. The summed E-state index contributed by atoms with van der Waals surface area (Å²) in [4.78, 5) is 2.36. The van der Waals surface area contributed by atoms with Crippen molar-refractivity contribution in [3.05, 3.63) is 78.4 Å². The van der Waals surface area contributed by atoms with E-state index in [-0.39, 0.29) is 0 Å². The van der Waals surface area contributed by atoms with Crippen molar-refractivity contribution in [1.29, 1.82) is 0 Å². The van der Waals surface area contributed by atoms with Crippen LogP contribution in [-0.2, 0) is 13.1 Å². The maximum Gasteiger partial charge on any atom is 0.0314 e. The minimum absolute atomic E-state index is 0.807. The quantitative estimate of drug-likeness (QED) is 0.630. The smallest absolute Gasteiger partial charge is 0.0314 e. The first-order valence-corrected chi connectivity index (χ1v) is 6.49. The van der Waals surface area contributed by atoms with Crippen molar-refractivity contribution in [3.8, 4) is 0 Å². The van der Waals surface area contributed by atoms with Crippen LogP contribution in [0.5, 0.6) is 0 Å². The number of nitrogens with two attached hydrogens (primary N) is 1. The standard InChI is InChI=1S/C17H20N2/c1-2-12-19(13-15-6-4-3-5-7-15)14-16-8-10-17(18)11-9-16/h2-11H,1,12-14,18H2. The molecule has 2 N–H and O–H groups in total. The summed E-state index contributed by atoms with van der Waals surface area (Å²) in [5, 5.41) is 0. The number of anilines is 1. The highest BCUT2D eigenvalue weighted by Gasteiger charge is 2.05. The molecule has 0 aliphatic rings. The third kappa shape index (κ3) is 4.27. The highest BCUT2D eigenvalue weighted by molar-refractivity contribution is 5.39. The van der Waals surface area contributed by atoms with Gasteiger partial charge in [0.15, 0.2) is 0 Å². The van der Waals surface area contributed by atoms with E-state index in [0.717, 1.165) is 25.3 Å². The fourth-order valence-corrected chi connectivity index (χ4v) is 2.09. The van der Waals surface area contributed by atoms with E-state index in [4.69, 9.17) is 5.73 Å². The third-order valence-electron chi connectivity index (χ3n) is 3.02. The molecular weight excluding hydrogens is 232 g/mol. The van der Waals surface area contributed by atoms with Gasteiger partial charge in [0.2, 0.25) is 0 Å². The van der Waals surface area contributed by atoms with Gasteiger partial charge in [-0.1, -0.05) is 48.5 Å². The van der Waals surface area contributed by atoms with Gasteiger partial charge in [-0.3, -0.25) is 4.90 Å². The molecule has 2 aromatic rings. The average Bonchev–Trinajstić information content (AvgIpc) is 2.43. The van der Waals surface area contributed by atoms with Gasteiger partial charge in [0.1, 0.15) is 0 Å². The number of benzene rings is 2. The van der Waals surface area contributed by atoms with Gasteiger partial charge in [0, 0.05) is 25.3 Å². The zero-order chi connectivity index (χ0) is 13.5. The molecule has 0 atom stereocenters. The van der Waals surface area contributed by atoms with Gasteiger partial charge in [-0.05, 0) is 23.3 Å². The Kier molecular flexibility index (Phi) is 4.76. The molecule has 2 rings (SSSR count). The van der Waals surface area contributed by atoms with Crippen LogP contribution >= 0.6 is 0 Å². The van der Waals surface area contributed by atoms with Crippen LogP contribution in [0.3, 0.4) is 0 Å². The van der Waals surface area contributed by atoms with E-state index in [1.54, 1.807) is 0 Å². The molecule has 19 heavy (non-hydrogen) atoms. The predicted molar refractivity (Wildman–Crippen MR) is 81.6 cm³/mol. The first-order valence-electron chi connectivity index (χ1n) is 6.49. The molecule has 0 saturated heterocycles. The van der Waals surface area contributed by atoms with Crippen LogP contribution in [0, 0.1) is 0 Å². The molecule has 0 aliphatic heterocycles. The third-order valence-corrected chi connectivity index (χ3v) is 3.02. The first kappa shape index (κ1) is 13.4. The largest absolute Gasteiger partial charge is 0.399 e. The van der Waals surface area contributed by atoms with Crippen LogP contribution in [0.25, 0.3) is 0 Å². The molecule has 0 heterocycles. The van der Waals surface area contributed by atoms with Crippen LogP contribution in [0.1, 0.15) is 11.1 Å². The van der Waals surface area contributed by atoms with Gasteiger partial charge < -0.3 is 5.73 Å². The van der Waals surface area contributed by atoms with E-state index < -0.39 is 0 Å². The molecule has 0 amide bonds. The SMILES string of the molecule is C=CCN(Cc1ccccc1)Cc1ccc(N)cc1. The zero-order valence-electron chi connectivity index (χ0n) is 11.1. The molecule has 98 valence electrons. The summed E-state index contributed by atoms with van der Waals surface area (Å²) in [7, 11) is 0. The summed E-state index contributed by atoms with van der Waals surface area (Å²) in [5.74, 6) is 0. The van der Waals surface area contributed by atoms with Gasteiger partial charge in [-0.2, -0.15) is 0 Å². The van der Waals surface area contributed by atoms with Crippen molar-refractivity contribution < 1.29 is 0 Å². The number of nitrogens with zero attached hydrogens (tertiary/aromatic N) is 1. The maximum atomic E-state index is 5.71. The topological polar surface area (TPSA) is 29.3 Å². The lowest BCUT2D eigenvalue weighted by molar-refractivity contribution is 0.286. The Labute approximate surface area is 115 Å². The van der Waals surface area contributed by atoms with Gasteiger partial charge >= 0.3 is 0 Å². The lowest BCUT2D eigenvalue weighted by atomic mass is 10.1. The Morgan fingerprint density at radius 1 is 0.895 bits per heavy atom. The Hall–Kier alpha value is -2.06. The lowest BCUT2D eigenvalue weighted by Crippen LogP contribution is -2.22.